The van der Waals surface area contributed by atoms with Gasteiger partial charge < -0.3 is 10.2 Å². The van der Waals surface area contributed by atoms with Gasteiger partial charge in [0.05, 0.1) is 12.5 Å². The van der Waals surface area contributed by atoms with E-state index in [1.807, 2.05) is 12.1 Å². The molecule has 3 rings (SSSR count). The average molecular weight is 298 g/mol. The van der Waals surface area contributed by atoms with Gasteiger partial charge in [0.25, 0.3) is 0 Å². The van der Waals surface area contributed by atoms with Crippen molar-refractivity contribution in [2.24, 2.45) is 0 Å². The quantitative estimate of drug-likeness (QED) is 0.944. The second-order valence-electron chi connectivity index (χ2n) is 5.70. The summed E-state index contributed by atoms with van der Waals surface area (Å²) < 4.78 is 13.2. The molecule has 22 heavy (non-hydrogen) atoms. The molecule has 1 unspecified atom stereocenters. The molecule has 0 radical (unpaired) electrons. The highest BCUT2D eigenvalue weighted by atomic mass is 19.1. The summed E-state index contributed by atoms with van der Waals surface area (Å²) in [6.07, 6.45) is 1.08. The highest BCUT2D eigenvalue weighted by Gasteiger charge is 2.24. The van der Waals surface area contributed by atoms with Crippen LogP contribution in [-0.2, 0) is 11.2 Å². The van der Waals surface area contributed by atoms with E-state index in [-0.39, 0.29) is 24.2 Å². The zero-order valence-corrected chi connectivity index (χ0v) is 12.6. The van der Waals surface area contributed by atoms with E-state index < -0.39 is 0 Å². The lowest BCUT2D eigenvalue weighted by molar-refractivity contribution is -0.121. The van der Waals surface area contributed by atoms with Gasteiger partial charge in [-0.1, -0.05) is 30.3 Å². The molecule has 3 nitrogen and oxygen atoms in total. The fourth-order valence-electron chi connectivity index (χ4n) is 2.96. The highest BCUT2D eigenvalue weighted by molar-refractivity contribution is 5.79. The van der Waals surface area contributed by atoms with Gasteiger partial charge in [-0.15, -0.1) is 0 Å². The number of hydrogen-bond donors (Lipinski definition) is 1. The predicted molar refractivity (Wildman–Crippen MR) is 85.3 cm³/mol. The number of nitrogens with zero attached hydrogens (tertiary/aromatic N) is 1. The Kier molecular flexibility index (Phi) is 4.09. The summed E-state index contributed by atoms with van der Waals surface area (Å²) in [5, 5.41) is 3.08. The van der Waals surface area contributed by atoms with Gasteiger partial charge in [-0.25, -0.2) is 4.39 Å². The molecule has 2 aromatic rings. The third-order valence-corrected chi connectivity index (χ3v) is 4.07. The Morgan fingerprint density at radius 3 is 2.91 bits per heavy atom. The van der Waals surface area contributed by atoms with Crippen LogP contribution < -0.4 is 10.2 Å². The van der Waals surface area contributed by atoms with Crippen molar-refractivity contribution in [3.63, 3.8) is 0 Å². The van der Waals surface area contributed by atoms with E-state index in [4.69, 9.17) is 0 Å². The van der Waals surface area contributed by atoms with Crippen molar-refractivity contribution in [3.8, 4) is 0 Å². The first-order chi connectivity index (χ1) is 10.6. The summed E-state index contributed by atoms with van der Waals surface area (Å²) in [4.78, 5) is 14.4. The molecular weight excluding hydrogens is 279 g/mol. The van der Waals surface area contributed by atoms with Crippen LogP contribution in [-0.4, -0.2) is 19.5 Å². The van der Waals surface area contributed by atoms with Crippen LogP contribution in [0.2, 0.25) is 0 Å². The lowest BCUT2D eigenvalue weighted by Gasteiger charge is -2.33. The van der Waals surface area contributed by atoms with Crippen molar-refractivity contribution >= 4 is 11.6 Å². The van der Waals surface area contributed by atoms with Crippen molar-refractivity contribution < 1.29 is 9.18 Å². The molecule has 1 N–H and O–H groups in total. The van der Waals surface area contributed by atoms with E-state index in [1.54, 1.807) is 12.1 Å². The minimum Gasteiger partial charge on any atom is -0.374 e. The van der Waals surface area contributed by atoms with Gasteiger partial charge in [0.1, 0.15) is 5.82 Å². The van der Waals surface area contributed by atoms with Gasteiger partial charge in [0.2, 0.25) is 5.91 Å². The molecule has 1 aliphatic heterocycles. The molecule has 0 aromatic heterocycles. The first kappa shape index (κ1) is 14.6. The zero-order valence-electron chi connectivity index (χ0n) is 12.6. The molecule has 1 amide bonds. The van der Waals surface area contributed by atoms with Gasteiger partial charge >= 0.3 is 0 Å². The van der Waals surface area contributed by atoms with Crippen LogP contribution >= 0.6 is 0 Å². The van der Waals surface area contributed by atoms with Crippen molar-refractivity contribution in [2.45, 2.75) is 18.9 Å². The molecule has 4 heteroatoms. The zero-order chi connectivity index (χ0) is 15.5. The largest absolute Gasteiger partial charge is 0.374 e. The van der Waals surface area contributed by atoms with Crippen LogP contribution in [0.25, 0.3) is 0 Å². The smallest absolute Gasteiger partial charge is 0.224 e. The average Bonchev–Trinajstić information content (AvgIpc) is 2.50. The third-order valence-electron chi connectivity index (χ3n) is 4.07. The Balaban J connectivity index is 1.71. The third kappa shape index (κ3) is 3.11. The molecule has 1 aliphatic rings. The molecule has 2 aromatic carbocycles. The molecule has 114 valence electrons. The fourth-order valence-corrected chi connectivity index (χ4v) is 2.96. The number of nitrogens with one attached hydrogen (secondary N) is 1. The number of fused-ring (bicyclic) bond motifs is 1. The van der Waals surface area contributed by atoms with Crippen LogP contribution in [0.3, 0.4) is 0 Å². The maximum atomic E-state index is 13.2. The Labute approximate surface area is 129 Å². The Bertz CT molecular complexity index is 686. The van der Waals surface area contributed by atoms with Crippen LogP contribution in [0.1, 0.15) is 23.6 Å². The SMILES string of the molecule is CN1CCC(NC(=O)Cc2cccc(F)c2)c2ccccc21. The number of carbonyl (C=O) groups excluding carboxylic acids is 1. The number of amides is 1. The number of benzene rings is 2. The molecule has 0 fully saturated rings. The molecule has 1 atom stereocenters. The maximum absolute atomic E-state index is 13.2. The number of rotatable bonds is 3. The van der Waals surface area contributed by atoms with Gasteiger partial charge in [-0.2, -0.15) is 0 Å². The highest BCUT2D eigenvalue weighted by Crippen LogP contribution is 2.32. The van der Waals surface area contributed by atoms with Gasteiger partial charge in [-0.05, 0) is 35.7 Å². The molecule has 0 saturated heterocycles. The van der Waals surface area contributed by atoms with E-state index in [1.165, 1.54) is 12.1 Å². The van der Waals surface area contributed by atoms with E-state index in [0.29, 0.717) is 5.56 Å². The van der Waals surface area contributed by atoms with Crippen LogP contribution in [0.15, 0.2) is 48.5 Å². The van der Waals surface area contributed by atoms with E-state index in [9.17, 15) is 9.18 Å². The number of para-hydroxylation sites is 1. The van der Waals surface area contributed by atoms with Gasteiger partial charge in [-0.3, -0.25) is 4.79 Å². The second-order valence-corrected chi connectivity index (χ2v) is 5.70. The second kappa shape index (κ2) is 6.18. The molecule has 0 aliphatic carbocycles. The number of hydrogen-bond acceptors (Lipinski definition) is 2. The predicted octanol–water partition coefficient (Wildman–Crippen LogP) is 3.07. The fraction of sp³-hybridized carbons (Fsp3) is 0.278. The maximum Gasteiger partial charge on any atom is 0.224 e. The monoisotopic (exact) mass is 298 g/mol. The molecular formula is C18H19FN2O. The molecule has 1 heterocycles. The van der Waals surface area contributed by atoms with Crippen molar-refractivity contribution in [1.29, 1.82) is 0 Å². The summed E-state index contributed by atoms with van der Waals surface area (Å²) in [5.74, 6) is -0.384. The number of anilines is 1. The van der Waals surface area contributed by atoms with Crippen LogP contribution in [0.4, 0.5) is 10.1 Å². The van der Waals surface area contributed by atoms with Crippen molar-refractivity contribution in [3.05, 3.63) is 65.5 Å². The van der Waals surface area contributed by atoms with Gasteiger partial charge in [0, 0.05) is 19.3 Å². The number of carbonyl (C=O) groups is 1. The van der Waals surface area contributed by atoms with E-state index >= 15 is 0 Å². The topological polar surface area (TPSA) is 32.3 Å². The van der Waals surface area contributed by atoms with E-state index in [0.717, 1.165) is 24.2 Å². The lowest BCUT2D eigenvalue weighted by atomic mass is 9.96. The lowest BCUT2D eigenvalue weighted by Crippen LogP contribution is -2.37. The standard InChI is InChI=1S/C18H19FN2O/c1-21-10-9-16(15-7-2-3-8-17(15)21)20-18(22)12-13-5-4-6-14(19)11-13/h2-8,11,16H,9-10,12H2,1H3,(H,20,22). The van der Waals surface area contributed by atoms with Crippen LogP contribution in [0.5, 0.6) is 0 Å². The first-order valence-corrected chi connectivity index (χ1v) is 7.47. The minimum atomic E-state index is -0.310. The van der Waals surface area contributed by atoms with Crippen LogP contribution in [0, 0.1) is 5.82 Å². The normalized spacial score (nSPS) is 17.0. The first-order valence-electron chi connectivity index (χ1n) is 7.47. The summed E-state index contributed by atoms with van der Waals surface area (Å²) >= 11 is 0. The minimum absolute atomic E-state index is 0.0217. The molecule has 0 bridgehead atoms. The molecule has 0 saturated carbocycles. The Morgan fingerprint density at radius 1 is 1.27 bits per heavy atom. The molecule has 0 spiro atoms. The summed E-state index contributed by atoms with van der Waals surface area (Å²) in [7, 11) is 2.06. The van der Waals surface area contributed by atoms with Crippen molar-refractivity contribution in [1.82, 2.24) is 5.32 Å². The van der Waals surface area contributed by atoms with Crippen molar-refractivity contribution in [2.75, 3.05) is 18.5 Å². The Hall–Kier alpha value is -2.36. The van der Waals surface area contributed by atoms with E-state index in [2.05, 4.69) is 29.4 Å². The summed E-state index contributed by atoms with van der Waals surface area (Å²) in [6, 6.07) is 14.3. The number of halogens is 1. The van der Waals surface area contributed by atoms with Gasteiger partial charge in [0.15, 0.2) is 0 Å². The summed E-state index contributed by atoms with van der Waals surface area (Å²) in [5.41, 5.74) is 2.99. The Morgan fingerprint density at radius 2 is 2.09 bits per heavy atom. The summed E-state index contributed by atoms with van der Waals surface area (Å²) in [6.45, 7) is 0.905.